The molecule has 1 amide bonds. The molecule has 1 aliphatic rings. The number of benzene rings is 1. The molecule has 0 aliphatic carbocycles. The molecule has 1 aromatic heterocycles. The Balaban J connectivity index is 1.55. The molecule has 0 bridgehead atoms. The van der Waals surface area contributed by atoms with Crippen LogP contribution >= 0.6 is 0 Å². The van der Waals surface area contributed by atoms with Crippen molar-refractivity contribution < 1.29 is 19.0 Å². The molecular weight excluding hydrogens is 334 g/mol. The number of pyridine rings is 1. The second-order valence-corrected chi connectivity index (χ2v) is 6.24. The third-order valence-corrected chi connectivity index (χ3v) is 4.35. The number of ether oxygens (including phenoxy) is 3. The van der Waals surface area contributed by atoms with Crippen LogP contribution in [0.2, 0.25) is 0 Å². The number of carbonyl (C=O) groups is 1. The van der Waals surface area contributed by atoms with Gasteiger partial charge in [0.1, 0.15) is 11.5 Å². The molecule has 1 saturated heterocycles. The quantitative estimate of drug-likeness (QED) is 0.821. The highest BCUT2D eigenvalue weighted by molar-refractivity contribution is 5.86. The van der Waals surface area contributed by atoms with Gasteiger partial charge < -0.3 is 25.3 Å². The standard InChI is InChI=1S/C19H23N3O4/c1-24-15-3-2-4-16(11-15)26-17-6-5-14(12-21-17)13-22-18(23)19(20)7-9-25-10-8-19/h2-6,11-12H,7-10,13,20H2,1H3,(H,22,23). The van der Waals surface area contributed by atoms with E-state index in [-0.39, 0.29) is 5.91 Å². The lowest BCUT2D eigenvalue weighted by Crippen LogP contribution is -2.56. The number of amides is 1. The fraction of sp³-hybridized carbons (Fsp3) is 0.368. The maximum absolute atomic E-state index is 12.3. The van der Waals surface area contributed by atoms with Crippen molar-refractivity contribution >= 4 is 5.91 Å². The molecule has 2 heterocycles. The van der Waals surface area contributed by atoms with Crippen molar-refractivity contribution in [2.45, 2.75) is 24.9 Å². The molecule has 1 aliphatic heterocycles. The minimum Gasteiger partial charge on any atom is -0.497 e. The van der Waals surface area contributed by atoms with Crippen molar-refractivity contribution in [3.63, 3.8) is 0 Å². The second-order valence-electron chi connectivity index (χ2n) is 6.24. The number of methoxy groups -OCH3 is 1. The van der Waals surface area contributed by atoms with Crippen molar-refractivity contribution in [1.82, 2.24) is 10.3 Å². The Kier molecular flexibility index (Phi) is 5.70. The summed E-state index contributed by atoms with van der Waals surface area (Å²) in [5.74, 6) is 1.67. The minimum absolute atomic E-state index is 0.155. The van der Waals surface area contributed by atoms with E-state index in [0.717, 1.165) is 5.56 Å². The van der Waals surface area contributed by atoms with E-state index in [9.17, 15) is 4.79 Å². The molecule has 2 aromatic rings. The Morgan fingerprint density at radius 2 is 2.04 bits per heavy atom. The van der Waals surface area contributed by atoms with Crippen LogP contribution in [0.1, 0.15) is 18.4 Å². The highest BCUT2D eigenvalue weighted by Crippen LogP contribution is 2.24. The molecular formula is C19H23N3O4. The molecule has 1 aromatic carbocycles. The summed E-state index contributed by atoms with van der Waals surface area (Å²) in [6.45, 7) is 1.40. The van der Waals surface area contributed by atoms with Crippen LogP contribution in [-0.2, 0) is 16.1 Å². The number of nitrogens with one attached hydrogen (secondary N) is 1. The molecule has 7 heteroatoms. The predicted molar refractivity (Wildman–Crippen MR) is 96.1 cm³/mol. The number of nitrogens with two attached hydrogens (primary N) is 1. The van der Waals surface area contributed by atoms with Gasteiger partial charge in [-0.05, 0) is 30.5 Å². The Morgan fingerprint density at radius 3 is 2.73 bits per heavy atom. The zero-order chi connectivity index (χ0) is 18.4. The predicted octanol–water partition coefficient (Wildman–Crippen LogP) is 2.01. The van der Waals surface area contributed by atoms with Crippen LogP contribution in [-0.4, -0.2) is 36.8 Å². The van der Waals surface area contributed by atoms with Crippen molar-refractivity contribution in [3.8, 4) is 17.4 Å². The number of aromatic nitrogens is 1. The fourth-order valence-corrected chi connectivity index (χ4v) is 2.68. The summed E-state index contributed by atoms with van der Waals surface area (Å²) in [5.41, 5.74) is 6.18. The fourth-order valence-electron chi connectivity index (χ4n) is 2.68. The summed E-state index contributed by atoms with van der Waals surface area (Å²) < 4.78 is 16.1. The summed E-state index contributed by atoms with van der Waals surface area (Å²) in [7, 11) is 1.60. The number of hydrogen-bond donors (Lipinski definition) is 2. The summed E-state index contributed by atoms with van der Waals surface area (Å²) in [6.07, 6.45) is 2.73. The Bertz CT molecular complexity index is 743. The Hall–Kier alpha value is -2.64. The van der Waals surface area contributed by atoms with E-state index in [1.54, 1.807) is 25.4 Å². The SMILES string of the molecule is COc1cccc(Oc2ccc(CNC(=O)C3(N)CCOCC3)cn2)c1. The number of hydrogen-bond acceptors (Lipinski definition) is 6. The molecule has 7 nitrogen and oxygen atoms in total. The zero-order valence-electron chi connectivity index (χ0n) is 14.7. The van der Waals surface area contributed by atoms with Gasteiger partial charge in [0.2, 0.25) is 11.8 Å². The number of rotatable bonds is 6. The van der Waals surface area contributed by atoms with Gasteiger partial charge >= 0.3 is 0 Å². The van der Waals surface area contributed by atoms with Crippen LogP contribution in [0, 0.1) is 0 Å². The monoisotopic (exact) mass is 357 g/mol. The van der Waals surface area contributed by atoms with Crippen LogP contribution in [0.3, 0.4) is 0 Å². The average Bonchev–Trinajstić information content (AvgIpc) is 2.68. The molecule has 138 valence electrons. The second kappa shape index (κ2) is 8.16. The van der Waals surface area contributed by atoms with E-state index in [1.807, 2.05) is 24.3 Å². The largest absolute Gasteiger partial charge is 0.497 e. The van der Waals surface area contributed by atoms with Crippen molar-refractivity contribution in [3.05, 3.63) is 48.2 Å². The van der Waals surface area contributed by atoms with Gasteiger partial charge in [0, 0.05) is 38.1 Å². The molecule has 26 heavy (non-hydrogen) atoms. The summed E-state index contributed by atoms with van der Waals surface area (Å²) in [4.78, 5) is 16.6. The maximum atomic E-state index is 12.3. The van der Waals surface area contributed by atoms with E-state index in [1.165, 1.54) is 0 Å². The lowest BCUT2D eigenvalue weighted by atomic mass is 9.90. The molecule has 3 N–H and O–H groups in total. The first-order valence-electron chi connectivity index (χ1n) is 8.51. The lowest BCUT2D eigenvalue weighted by Gasteiger charge is -2.31. The van der Waals surface area contributed by atoms with Gasteiger partial charge in [-0.1, -0.05) is 12.1 Å². The topological polar surface area (TPSA) is 95.7 Å². The highest BCUT2D eigenvalue weighted by atomic mass is 16.5. The molecule has 0 spiro atoms. The molecule has 0 unspecified atom stereocenters. The van der Waals surface area contributed by atoms with Gasteiger partial charge in [0.05, 0.1) is 12.6 Å². The van der Waals surface area contributed by atoms with E-state index in [4.69, 9.17) is 19.9 Å². The first-order chi connectivity index (χ1) is 12.6. The molecule has 0 saturated carbocycles. The van der Waals surface area contributed by atoms with E-state index in [2.05, 4.69) is 10.3 Å². The van der Waals surface area contributed by atoms with Crippen LogP contribution in [0.15, 0.2) is 42.6 Å². The third kappa shape index (κ3) is 4.50. The molecule has 0 radical (unpaired) electrons. The van der Waals surface area contributed by atoms with Crippen LogP contribution in [0.4, 0.5) is 0 Å². The van der Waals surface area contributed by atoms with Gasteiger partial charge in [-0.25, -0.2) is 4.98 Å². The smallest absolute Gasteiger partial charge is 0.240 e. The normalized spacial score (nSPS) is 15.9. The van der Waals surface area contributed by atoms with Crippen LogP contribution in [0.25, 0.3) is 0 Å². The first kappa shape index (κ1) is 18.2. The Labute approximate surface area is 152 Å². The molecule has 0 atom stereocenters. The van der Waals surface area contributed by atoms with Crippen molar-refractivity contribution in [2.75, 3.05) is 20.3 Å². The number of carbonyl (C=O) groups excluding carboxylic acids is 1. The van der Waals surface area contributed by atoms with Gasteiger partial charge in [-0.3, -0.25) is 4.79 Å². The van der Waals surface area contributed by atoms with Crippen LogP contribution in [0.5, 0.6) is 17.4 Å². The Morgan fingerprint density at radius 1 is 1.27 bits per heavy atom. The minimum atomic E-state index is -0.846. The summed E-state index contributed by atoms with van der Waals surface area (Å²) in [5, 5.41) is 2.88. The molecule has 1 fully saturated rings. The van der Waals surface area contributed by atoms with Gasteiger partial charge in [0.25, 0.3) is 0 Å². The first-order valence-corrected chi connectivity index (χ1v) is 8.51. The van der Waals surface area contributed by atoms with Crippen molar-refractivity contribution in [2.24, 2.45) is 5.73 Å². The van der Waals surface area contributed by atoms with E-state index < -0.39 is 5.54 Å². The van der Waals surface area contributed by atoms with Gasteiger partial charge in [-0.2, -0.15) is 0 Å². The van der Waals surface area contributed by atoms with Crippen molar-refractivity contribution in [1.29, 1.82) is 0 Å². The van der Waals surface area contributed by atoms with Gasteiger partial charge in [-0.15, -0.1) is 0 Å². The zero-order valence-corrected chi connectivity index (χ0v) is 14.7. The lowest BCUT2D eigenvalue weighted by molar-refractivity contribution is -0.129. The summed E-state index contributed by atoms with van der Waals surface area (Å²) >= 11 is 0. The highest BCUT2D eigenvalue weighted by Gasteiger charge is 2.35. The van der Waals surface area contributed by atoms with E-state index in [0.29, 0.717) is 50.0 Å². The third-order valence-electron chi connectivity index (χ3n) is 4.35. The average molecular weight is 357 g/mol. The molecule has 3 rings (SSSR count). The van der Waals surface area contributed by atoms with Crippen LogP contribution < -0.4 is 20.5 Å². The number of nitrogens with zero attached hydrogens (tertiary/aromatic N) is 1. The van der Waals surface area contributed by atoms with E-state index >= 15 is 0 Å². The van der Waals surface area contributed by atoms with Gasteiger partial charge in [0.15, 0.2) is 0 Å². The maximum Gasteiger partial charge on any atom is 0.240 e. The summed E-state index contributed by atoms with van der Waals surface area (Å²) in [6, 6.07) is 10.9.